The maximum absolute atomic E-state index is 13.7. The van der Waals surface area contributed by atoms with E-state index in [2.05, 4.69) is 0 Å². The summed E-state index contributed by atoms with van der Waals surface area (Å²) in [6.45, 7) is 2.09. The van der Waals surface area contributed by atoms with Gasteiger partial charge >= 0.3 is 13.4 Å². The number of carbonyl (C=O) groups excluding carboxylic acids is 2. The summed E-state index contributed by atoms with van der Waals surface area (Å²) in [5.74, 6) is -0.193. The molecule has 1 amide bonds. The van der Waals surface area contributed by atoms with Gasteiger partial charge in [0.25, 0.3) is 5.91 Å². The number of thiocarbonyl (C=S) groups is 1. The van der Waals surface area contributed by atoms with E-state index in [1.807, 2.05) is 0 Å². The molecule has 9 heteroatoms. The molecule has 0 saturated carbocycles. The minimum absolute atomic E-state index is 0.202. The molecule has 0 spiro atoms. The van der Waals surface area contributed by atoms with Crippen molar-refractivity contribution in [2.45, 2.75) is 6.92 Å². The van der Waals surface area contributed by atoms with Gasteiger partial charge in [-0.05, 0) is 19.1 Å². The number of thioether (sulfide) groups is 1. The molecule has 0 radical (unpaired) electrons. The van der Waals surface area contributed by atoms with Gasteiger partial charge in [-0.2, -0.15) is 0 Å². The first-order chi connectivity index (χ1) is 11.0. The van der Waals surface area contributed by atoms with E-state index >= 15 is 0 Å². The molecule has 1 unspecified atom stereocenters. The number of benzene rings is 1. The number of anilines is 1. The van der Waals surface area contributed by atoms with Gasteiger partial charge in [0.15, 0.2) is 0 Å². The number of hydrogen-bond donors (Lipinski definition) is 0. The topological polar surface area (TPSA) is 66.9 Å². The zero-order valence-corrected chi connectivity index (χ0v) is 15.0. The van der Waals surface area contributed by atoms with E-state index in [0.717, 1.165) is 0 Å². The lowest BCUT2D eigenvalue weighted by atomic mass is 10.1. The zero-order valence-electron chi connectivity index (χ0n) is 12.4. The molecule has 0 N–H and O–H groups in total. The monoisotopic (exact) mass is 370 g/mol. The maximum Gasteiger partial charge on any atom is 0.326 e. The summed E-state index contributed by atoms with van der Waals surface area (Å²) < 4.78 is 21.7. The van der Waals surface area contributed by atoms with Gasteiger partial charge in [-0.1, -0.05) is 24.4 Å². The second kappa shape index (κ2) is 6.26. The van der Waals surface area contributed by atoms with E-state index in [1.54, 1.807) is 31.2 Å². The minimum Gasteiger partial charge on any atom is -0.465 e. The second-order valence-electron chi connectivity index (χ2n) is 4.97. The predicted octanol–water partition coefficient (Wildman–Crippen LogP) is 2.74. The summed E-state index contributed by atoms with van der Waals surface area (Å²) in [6, 6.07) is 6.84. The van der Waals surface area contributed by atoms with Crippen LogP contribution in [0.3, 0.4) is 0 Å². The predicted molar refractivity (Wildman–Crippen MR) is 94.1 cm³/mol. The van der Waals surface area contributed by atoms with E-state index in [4.69, 9.17) is 17.0 Å². The molecule has 0 aliphatic carbocycles. The number of carbonyl (C=O) groups is 2. The van der Waals surface area contributed by atoms with Crippen LogP contribution in [0.25, 0.3) is 0 Å². The van der Waals surface area contributed by atoms with Crippen molar-refractivity contribution in [3.8, 4) is 0 Å². The molecule has 1 fully saturated rings. The smallest absolute Gasteiger partial charge is 0.326 e. The van der Waals surface area contributed by atoms with Crippen molar-refractivity contribution in [1.29, 1.82) is 0 Å². The Morgan fingerprint density at radius 2 is 2.17 bits per heavy atom. The molecular weight excluding hydrogens is 355 g/mol. The van der Waals surface area contributed by atoms with Gasteiger partial charge in [0.1, 0.15) is 10.5 Å². The van der Waals surface area contributed by atoms with Gasteiger partial charge in [-0.25, -0.2) is 0 Å². The van der Waals surface area contributed by atoms with Crippen molar-refractivity contribution in [2.75, 3.05) is 30.1 Å². The molecule has 1 aromatic rings. The zero-order chi connectivity index (χ0) is 16.6. The Labute approximate surface area is 143 Å². The first-order valence-electron chi connectivity index (χ1n) is 7.12. The maximum atomic E-state index is 13.7. The Morgan fingerprint density at radius 1 is 1.43 bits per heavy atom. The number of para-hydroxylation sites is 1. The quantitative estimate of drug-likeness (QED) is 0.460. The van der Waals surface area contributed by atoms with Crippen molar-refractivity contribution in [1.82, 2.24) is 4.67 Å². The van der Waals surface area contributed by atoms with Crippen molar-refractivity contribution in [2.24, 2.45) is 0 Å². The average molecular weight is 370 g/mol. The van der Waals surface area contributed by atoms with Crippen LogP contribution in [-0.4, -0.2) is 45.9 Å². The third-order valence-electron chi connectivity index (χ3n) is 3.65. The Balaban J connectivity index is 2.13. The lowest BCUT2D eigenvalue weighted by Gasteiger charge is -2.46. The van der Waals surface area contributed by atoms with Crippen LogP contribution in [0.15, 0.2) is 24.3 Å². The molecule has 0 aromatic heterocycles. The third-order valence-corrected chi connectivity index (χ3v) is 8.98. The lowest BCUT2D eigenvalue weighted by Crippen LogP contribution is -2.47. The molecular formula is C14H15N2O4PS2. The Morgan fingerprint density at radius 3 is 2.91 bits per heavy atom. The van der Waals surface area contributed by atoms with Crippen LogP contribution in [-0.2, 0) is 14.1 Å². The van der Waals surface area contributed by atoms with Crippen molar-refractivity contribution >= 4 is 52.9 Å². The Hall–Kier alpha value is -1.37. The van der Waals surface area contributed by atoms with Gasteiger partial charge in [0.05, 0.1) is 17.9 Å². The highest BCUT2D eigenvalue weighted by Crippen LogP contribution is 2.64. The fraction of sp³-hybridized carbons (Fsp3) is 0.357. The largest absolute Gasteiger partial charge is 0.465 e. The first kappa shape index (κ1) is 16.5. The molecule has 1 atom stereocenters. The number of amides is 1. The van der Waals surface area contributed by atoms with Crippen LogP contribution in [0.5, 0.6) is 0 Å². The number of fused-ring (bicyclic) bond motifs is 2. The third kappa shape index (κ3) is 2.58. The second-order valence-corrected chi connectivity index (χ2v) is 9.84. The normalized spacial score (nSPS) is 23.3. The van der Waals surface area contributed by atoms with Crippen LogP contribution >= 0.6 is 31.4 Å². The van der Waals surface area contributed by atoms with Gasteiger partial charge < -0.3 is 4.74 Å². The van der Waals surface area contributed by atoms with Crippen molar-refractivity contribution < 1.29 is 18.9 Å². The summed E-state index contributed by atoms with van der Waals surface area (Å²) in [6.07, 6.45) is 0. The van der Waals surface area contributed by atoms with Gasteiger partial charge in [0.2, 0.25) is 0 Å². The SMILES string of the molecule is CCOC(=O)CN1c2ccccc2C(=O)N2CCSC(=S)P21=O. The van der Waals surface area contributed by atoms with Gasteiger partial charge in [0, 0.05) is 12.3 Å². The lowest BCUT2D eigenvalue weighted by molar-refractivity contribution is -0.141. The molecule has 1 saturated heterocycles. The van der Waals surface area contributed by atoms with Crippen molar-refractivity contribution in [3.05, 3.63) is 29.8 Å². The van der Waals surface area contributed by atoms with Crippen LogP contribution in [0.2, 0.25) is 0 Å². The summed E-state index contributed by atoms with van der Waals surface area (Å²) in [4.78, 5) is 24.7. The summed E-state index contributed by atoms with van der Waals surface area (Å²) in [5.41, 5.74) is 0.896. The van der Waals surface area contributed by atoms with Gasteiger partial charge in [-0.15, -0.1) is 11.8 Å². The summed E-state index contributed by atoms with van der Waals surface area (Å²) >= 11 is 6.61. The van der Waals surface area contributed by atoms with E-state index < -0.39 is 13.4 Å². The van der Waals surface area contributed by atoms with E-state index in [9.17, 15) is 14.2 Å². The van der Waals surface area contributed by atoms with E-state index in [-0.39, 0.29) is 23.0 Å². The summed E-state index contributed by atoms with van der Waals surface area (Å²) in [7, 11) is -3.47. The molecule has 2 heterocycles. The van der Waals surface area contributed by atoms with Crippen LogP contribution in [0.4, 0.5) is 5.69 Å². The molecule has 1 aromatic carbocycles. The van der Waals surface area contributed by atoms with Crippen LogP contribution in [0.1, 0.15) is 17.3 Å². The number of rotatable bonds is 3. The molecule has 122 valence electrons. The molecule has 3 rings (SSSR count). The number of esters is 1. The Kier molecular flexibility index (Phi) is 4.49. The minimum atomic E-state index is -3.47. The molecule has 0 bridgehead atoms. The first-order valence-corrected chi connectivity index (χ1v) is 10.1. The van der Waals surface area contributed by atoms with Crippen LogP contribution in [0, 0.1) is 0 Å². The van der Waals surface area contributed by atoms with Crippen molar-refractivity contribution in [3.63, 3.8) is 0 Å². The highest BCUT2D eigenvalue weighted by atomic mass is 32.2. The van der Waals surface area contributed by atoms with E-state index in [0.29, 0.717) is 23.5 Å². The molecule has 6 nitrogen and oxygen atoms in total. The fourth-order valence-electron chi connectivity index (χ4n) is 2.67. The number of nitrogens with zero attached hydrogens (tertiary/aromatic N) is 2. The fourth-order valence-corrected chi connectivity index (χ4v) is 7.78. The van der Waals surface area contributed by atoms with Crippen LogP contribution < -0.4 is 4.67 Å². The summed E-state index contributed by atoms with van der Waals surface area (Å²) in [5, 5.41) is 0. The Bertz CT molecular complexity index is 739. The highest BCUT2D eigenvalue weighted by Gasteiger charge is 2.52. The molecule has 2 aliphatic heterocycles. The number of ether oxygens (including phenoxy) is 1. The molecule has 2 aliphatic rings. The number of hydrogen-bond acceptors (Lipinski definition) is 6. The van der Waals surface area contributed by atoms with E-state index in [1.165, 1.54) is 21.1 Å². The average Bonchev–Trinajstić information content (AvgIpc) is 2.54. The highest BCUT2D eigenvalue weighted by molar-refractivity contribution is 8.37. The van der Waals surface area contributed by atoms with Gasteiger partial charge in [-0.3, -0.25) is 23.5 Å². The molecule has 23 heavy (non-hydrogen) atoms. The standard InChI is InChI=1S/C14H15N2O4PS2/c1-2-20-12(17)9-16-11-6-4-3-5-10(11)13(18)15-7-8-23-14(22)21(15,16)19/h3-6H,2,7-9H2,1H3.